The Kier molecular flexibility index (Phi) is 9.55. The molecule has 168 valence electrons. The van der Waals surface area contributed by atoms with Crippen molar-refractivity contribution in [1.29, 1.82) is 0 Å². The van der Waals surface area contributed by atoms with Gasteiger partial charge >= 0.3 is 0 Å². The Morgan fingerprint density at radius 1 is 1.00 bits per heavy atom. The number of benzene rings is 2. The quantitative estimate of drug-likeness (QED) is 0.487. The fourth-order valence-corrected chi connectivity index (χ4v) is 2.60. The summed E-state index contributed by atoms with van der Waals surface area (Å²) in [6.45, 7) is 3.72. The summed E-state index contributed by atoms with van der Waals surface area (Å²) in [6.07, 6.45) is -0.600. The molecule has 0 aliphatic carbocycles. The van der Waals surface area contributed by atoms with Gasteiger partial charge in [-0.1, -0.05) is 17.7 Å². The van der Waals surface area contributed by atoms with Crippen LogP contribution in [-0.2, 0) is 9.59 Å². The molecule has 0 heterocycles. The number of hydrogen-bond acceptors (Lipinski definition) is 5. The van der Waals surface area contributed by atoms with Gasteiger partial charge in [-0.25, -0.2) is 4.39 Å². The van der Waals surface area contributed by atoms with E-state index >= 15 is 0 Å². The smallest absolute Gasteiger partial charge is 0.258 e. The number of amides is 2. The van der Waals surface area contributed by atoms with Gasteiger partial charge < -0.3 is 25.2 Å². The van der Waals surface area contributed by atoms with Gasteiger partial charge in [-0.05, 0) is 55.7 Å². The average Bonchev–Trinajstić information content (AvgIpc) is 2.74. The first kappa shape index (κ1) is 24.4. The van der Waals surface area contributed by atoms with Crippen molar-refractivity contribution in [3.63, 3.8) is 0 Å². The van der Waals surface area contributed by atoms with Gasteiger partial charge in [0.15, 0.2) is 13.2 Å². The van der Waals surface area contributed by atoms with E-state index in [-0.39, 0.29) is 49.4 Å². The first-order valence-corrected chi connectivity index (χ1v) is 10.1. The van der Waals surface area contributed by atoms with E-state index in [0.29, 0.717) is 5.75 Å². The van der Waals surface area contributed by atoms with E-state index < -0.39 is 17.8 Å². The van der Waals surface area contributed by atoms with Crippen molar-refractivity contribution in [3.05, 3.63) is 58.4 Å². The summed E-state index contributed by atoms with van der Waals surface area (Å²) in [5.74, 6) is -0.636. The van der Waals surface area contributed by atoms with Gasteiger partial charge in [0, 0.05) is 19.2 Å². The molecule has 31 heavy (non-hydrogen) atoms. The van der Waals surface area contributed by atoms with Crippen molar-refractivity contribution in [2.24, 2.45) is 0 Å². The highest BCUT2D eigenvalue weighted by Gasteiger charge is 2.10. The molecular weight excluding hydrogens is 427 g/mol. The fraction of sp³-hybridized carbons (Fsp3) is 0.364. The fourth-order valence-electron chi connectivity index (χ4n) is 2.48. The van der Waals surface area contributed by atoms with Gasteiger partial charge in [-0.15, -0.1) is 0 Å². The molecule has 1 atom stereocenters. The third kappa shape index (κ3) is 8.82. The minimum absolute atomic E-state index is 0.00775. The number of carbonyl (C=O) groups is 2. The van der Waals surface area contributed by atoms with Crippen LogP contribution >= 0.6 is 11.6 Å². The third-order valence-electron chi connectivity index (χ3n) is 4.44. The van der Waals surface area contributed by atoms with E-state index in [1.165, 1.54) is 12.1 Å². The van der Waals surface area contributed by atoms with E-state index in [1.807, 2.05) is 26.0 Å². The van der Waals surface area contributed by atoms with E-state index in [2.05, 4.69) is 10.6 Å². The molecule has 0 fully saturated rings. The first-order valence-electron chi connectivity index (χ1n) is 9.74. The summed E-state index contributed by atoms with van der Waals surface area (Å²) in [5.41, 5.74) is 2.22. The molecule has 0 aliphatic rings. The molecule has 0 aromatic heterocycles. The van der Waals surface area contributed by atoms with Crippen LogP contribution in [0, 0.1) is 19.7 Å². The number of halogens is 2. The molecule has 0 spiro atoms. The second-order valence-electron chi connectivity index (χ2n) is 7.00. The van der Waals surface area contributed by atoms with Crippen molar-refractivity contribution in [3.8, 4) is 11.5 Å². The number of aryl methyl sites for hydroxylation is 2. The lowest BCUT2D eigenvalue weighted by Crippen LogP contribution is -2.37. The highest BCUT2D eigenvalue weighted by atomic mass is 35.5. The van der Waals surface area contributed by atoms with Crippen LogP contribution in [0.5, 0.6) is 11.5 Å². The van der Waals surface area contributed by atoms with Gasteiger partial charge in [0.1, 0.15) is 17.3 Å². The van der Waals surface area contributed by atoms with Crippen LogP contribution in [0.4, 0.5) is 4.39 Å². The topological polar surface area (TPSA) is 96.9 Å². The van der Waals surface area contributed by atoms with Crippen LogP contribution in [0.15, 0.2) is 36.4 Å². The van der Waals surface area contributed by atoms with Crippen LogP contribution in [0.3, 0.4) is 0 Å². The molecule has 0 saturated carbocycles. The van der Waals surface area contributed by atoms with Crippen molar-refractivity contribution >= 4 is 23.4 Å². The minimum atomic E-state index is -0.849. The maximum absolute atomic E-state index is 13.3. The summed E-state index contributed by atoms with van der Waals surface area (Å²) in [7, 11) is 0. The molecule has 0 radical (unpaired) electrons. The molecule has 0 aliphatic heterocycles. The predicted octanol–water partition coefficient (Wildman–Crippen LogP) is 2.54. The largest absolute Gasteiger partial charge is 0.484 e. The lowest BCUT2D eigenvalue weighted by atomic mass is 10.1. The number of nitrogens with one attached hydrogen (secondary N) is 2. The second kappa shape index (κ2) is 12.1. The Morgan fingerprint density at radius 2 is 1.61 bits per heavy atom. The highest BCUT2D eigenvalue weighted by Crippen LogP contribution is 2.20. The standard InChI is InChI=1S/C22H26ClFN2O5/c1-14-3-4-17(9-15(14)2)30-12-21(28)25-8-7-16(27)11-26-22(29)13-31-18-5-6-19(23)20(24)10-18/h3-6,9-10,16,27H,7-8,11-13H2,1-2H3,(H,25,28)(H,26,29)/t16-/m0/s1. The minimum Gasteiger partial charge on any atom is -0.484 e. The average molecular weight is 453 g/mol. The normalized spacial score (nSPS) is 11.5. The number of aliphatic hydroxyl groups excluding tert-OH is 1. The zero-order valence-corrected chi connectivity index (χ0v) is 18.2. The van der Waals surface area contributed by atoms with Crippen molar-refractivity contribution in [2.45, 2.75) is 26.4 Å². The second-order valence-corrected chi connectivity index (χ2v) is 7.40. The van der Waals surface area contributed by atoms with E-state index in [9.17, 15) is 19.1 Å². The molecule has 7 nitrogen and oxygen atoms in total. The molecular formula is C22H26ClFN2O5. The Labute approximate surface area is 185 Å². The zero-order chi connectivity index (χ0) is 22.8. The molecule has 2 aromatic rings. The van der Waals surface area contributed by atoms with Gasteiger partial charge in [-0.2, -0.15) is 0 Å². The number of ether oxygens (including phenoxy) is 2. The summed E-state index contributed by atoms with van der Waals surface area (Å²) < 4.78 is 23.9. The Morgan fingerprint density at radius 3 is 2.26 bits per heavy atom. The van der Waals surface area contributed by atoms with Gasteiger partial charge in [-0.3, -0.25) is 9.59 Å². The molecule has 2 amide bonds. The molecule has 3 N–H and O–H groups in total. The monoisotopic (exact) mass is 452 g/mol. The lowest BCUT2D eigenvalue weighted by Gasteiger charge is -2.13. The molecule has 0 saturated heterocycles. The zero-order valence-electron chi connectivity index (χ0n) is 17.4. The van der Waals surface area contributed by atoms with E-state index in [4.69, 9.17) is 21.1 Å². The van der Waals surface area contributed by atoms with E-state index in [0.717, 1.165) is 17.2 Å². The van der Waals surface area contributed by atoms with Crippen molar-refractivity contribution < 1.29 is 28.6 Å². The summed E-state index contributed by atoms with van der Waals surface area (Å²) >= 11 is 5.57. The maximum Gasteiger partial charge on any atom is 0.258 e. The molecule has 9 heteroatoms. The van der Waals surface area contributed by atoms with Crippen LogP contribution in [0.25, 0.3) is 0 Å². The Hall–Kier alpha value is -2.84. The van der Waals surface area contributed by atoms with Gasteiger partial charge in [0.25, 0.3) is 11.8 Å². The van der Waals surface area contributed by atoms with E-state index in [1.54, 1.807) is 6.07 Å². The SMILES string of the molecule is Cc1ccc(OCC(=O)NCC[C@H](O)CNC(=O)COc2ccc(Cl)c(F)c2)cc1C. The van der Waals surface area contributed by atoms with Gasteiger partial charge in [0.05, 0.1) is 11.1 Å². The lowest BCUT2D eigenvalue weighted by molar-refractivity contribution is -0.124. The van der Waals surface area contributed by atoms with Crippen LogP contribution in [0.2, 0.25) is 5.02 Å². The maximum atomic E-state index is 13.3. The highest BCUT2D eigenvalue weighted by molar-refractivity contribution is 6.30. The molecule has 2 aromatic carbocycles. The molecule has 2 rings (SSSR count). The number of rotatable bonds is 11. The van der Waals surface area contributed by atoms with Crippen LogP contribution in [-0.4, -0.2) is 49.3 Å². The first-order chi connectivity index (χ1) is 14.7. The predicted molar refractivity (Wildman–Crippen MR) is 115 cm³/mol. The van der Waals surface area contributed by atoms with Crippen molar-refractivity contribution in [1.82, 2.24) is 10.6 Å². The Balaban J connectivity index is 1.57. The number of hydrogen-bond donors (Lipinski definition) is 3. The molecule has 0 unspecified atom stereocenters. The number of aliphatic hydroxyl groups is 1. The van der Waals surface area contributed by atoms with Crippen LogP contribution < -0.4 is 20.1 Å². The summed E-state index contributed by atoms with van der Waals surface area (Å²) in [4.78, 5) is 23.6. The molecule has 0 bridgehead atoms. The summed E-state index contributed by atoms with van der Waals surface area (Å²) in [5, 5.41) is 15.0. The van der Waals surface area contributed by atoms with Crippen LogP contribution in [0.1, 0.15) is 17.5 Å². The Bertz CT molecular complexity index is 909. The summed E-state index contributed by atoms with van der Waals surface area (Å²) in [6, 6.07) is 9.44. The number of carbonyl (C=O) groups excluding carboxylic acids is 2. The van der Waals surface area contributed by atoms with Gasteiger partial charge in [0.2, 0.25) is 0 Å². The van der Waals surface area contributed by atoms with Crippen molar-refractivity contribution in [2.75, 3.05) is 26.3 Å². The third-order valence-corrected chi connectivity index (χ3v) is 4.75.